The SMILES string of the molecule is CCC1CC(N2CC(n3cc(C(=O)O)nn3)C2)CCO1. The van der Waals surface area contributed by atoms with Gasteiger partial charge in [0.2, 0.25) is 0 Å². The molecule has 1 aromatic rings. The lowest BCUT2D eigenvalue weighted by Crippen LogP contribution is -2.55. The molecule has 2 aliphatic heterocycles. The van der Waals surface area contributed by atoms with Gasteiger partial charge in [0.05, 0.1) is 18.3 Å². The zero-order valence-electron chi connectivity index (χ0n) is 11.6. The van der Waals surface area contributed by atoms with E-state index < -0.39 is 5.97 Å². The number of carbonyl (C=O) groups is 1. The van der Waals surface area contributed by atoms with E-state index in [4.69, 9.17) is 9.84 Å². The van der Waals surface area contributed by atoms with E-state index >= 15 is 0 Å². The van der Waals surface area contributed by atoms with Crippen molar-refractivity contribution in [1.29, 1.82) is 0 Å². The van der Waals surface area contributed by atoms with Crippen LogP contribution in [-0.2, 0) is 4.74 Å². The Hall–Kier alpha value is -1.47. The quantitative estimate of drug-likeness (QED) is 0.878. The van der Waals surface area contributed by atoms with Crippen LogP contribution < -0.4 is 0 Å². The van der Waals surface area contributed by atoms with E-state index in [0.717, 1.165) is 39.0 Å². The second-order valence-electron chi connectivity index (χ2n) is 5.58. The van der Waals surface area contributed by atoms with Gasteiger partial charge in [-0.1, -0.05) is 12.1 Å². The van der Waals surface area contributed by atoms with E-state index in [1.807, 2.05) is 0 Å². The lowest BCUT2D eigenvalue weighted by atomic mass is 9.95. The molecule has 1 aromatic heterocycles. The zero-order valence-corrected chi connectivity index (χ0v) is 11.6. The van der Waals surface area contributed by atoms with Gasteiger partial charge in [-0.3, -0.25) is 4.90 Å². The van der Waals surface area contributed by atoms with Crippen molar-refractivity contribution in [3.8, 4) is 0 Å². The van der Waals surface area contributed by atoms with E-state index in [-0.39, 0.29) is 11.7 Å². The molecule has 3 heterocycles. The van der Waals surface area contributed by atoms with Crippen molar-refractivity contribution in [2.45, 2.75) is 44.4 Å². The van der Waals surface area contributed by atoms with Crippen molar-refractivity contribution in [1.82, 2.24) is 19.9 Å². The van der Waals surface area contributed by atoms with Crippen LogP contribution in [0.3, 0.4) is 0 Å². The van der Waals surface area contributed by atoms with Gasteiger partial charge in [0, 0.05) is 25.7 Å². The van der Waals surface area contributed by atoms with Gasteiger partial charge in [-0.2, -0.15) is 0 Å². The molecule has 20 heavy (non-hydrogen) atoms. The number of aromatic carboxylic acids is 1. The molecule has 0 bridgehead atoms. The summed E-state index contributed by atoms with van der Waals surface area (Å²) in [6.45, 7) is 4.85. The lowest BCUT2D eigenvalue weighted by molar-refractivity contribution is -0.0552. The van der Waals surface area contributed by atoms with Crippen molar-refractivity contribution in [3.63, 3.8) is 0 Å². The summed E-state index contributed by atoms with van der Waals surface area (Å²) in [4.78, 5) is 13.2. The standard InChI is InChI=1S/C13H20N4O3/c1-2-11-5-9(3-4-20-11)16-6-10(7-16)17-8-12(13(18)19)14-15-17/h8-11H,2-7H2,1H3,(H,18,19). The molecular formula is C13H20N4O3. The molecule has 7 heteroatoms. The first kappa shape index (κ1) is 13.5. The molecule has 0 aliphatic carbocycles. The average Bonchev–Trinajstić information content (AvgIpc) is 2.87. The van der Waals surface area contributed by atoms with E-state index in [0.29, 0.717) is 12.1 Å². The van der Waals surface area contributed by atoms with Crippen LogP contribution in [0.4, 0.5) is 0 Å². The van der Waals surface area contributed by atoms with Crippen molar-refractivity contribution in [3.05, 3.63) is 11.9 Å². The number of nitrogens with zero attached hydrogens (tertiary/aromatic N) is 4. The highest BCUT2D eigenvalue weighted by Gasteiger charge is 2.36. The third-order valence-electron chi connectivity index (χ3n) is 4.31. The highest BCUT2D eigenvalue weighted by molar-refractivity contribution is 5.84. The monoisotopic (exact) mass is 280 g/mol. The van der Waals surface area contributed by atoms with Gasteiger partial charge in [-0.05, 0) is 19.3 Å². The molecular weight excluding hydrogens is 260 g/mol. The minimum atomic E-state index is -1.03. The maximum absolute atomic E-state index is 10.8. The van der Waals surface area contributed by atoms with Crippen molar-refractivity contribution >= 4 is 5.97 Å². The minimum absolute atomic E-state index is 0.0144. The van der Waals surface area contributed by atoms with E-state index in [9.17, 15) is 4.79 Å². The van der Waals surface area contributed by atoms with Crippen LogP contribution in [0.5, 0.6) is 0 Å². The Kier molecular flexibility index (Phi) is 3.71. The van der Waals surface area contributed by atoms with Crippen LogP contribution in [0, 0.1) is 0 Å². The van der Waals surface area contributed by atoms with Gasteiger partial charge in [-0.15, -0.1) is 5.10 Å². The minimum Gasteiger partial charge on any atom is -0.476 e. The summed E-state index contributed by atoms with van der Waals surface area (Å²) in [6.07, 6.45) is 5.15. The summed E-state index contributed by atoms with van der Waals surface area (Å²) in [5.41, 5.74) is 0.0144. The highest BCUT2D eigenvalue weighted by Crippen LogP contribution is 2.29. The van der Waals surface area contributed by atoms with E-state index in [2.05, 4.69) is 22.1 Å². The van der Waals surface area contributed by atoms with Crippen LogP contribution in [0.1, 0.15) is 42.7 Å². The molecule has 2 saturated heterocycles. The van der Waals surface area contributed by atoms with E-state index in [1.165, 1.54) is 6.20 Å². The Morgan fingerprint density at radius 2 is 2.30 bits per heavy atom. The molecule has 0 radical (unpaired) electrons. The predicted molar refractivity (Wildman–Crippen MR) is 70.6 cm³/mol. The molecule has 7 nitrogen and oxygen atoms in total. The third-order valence-corrected chi connectivity index (χ3v) is 4.31. The first-order valence-corrected chi connectivity index (χ1v) is 7.18. The number of carboxylic acid groups (broad SMARTS) is 1. The molecule has 2 unspecified atom stereocenters. The Labute approximate surface area is 117 Å². The highest BCUT2D eigenvalue weighted by atomic mass is 16.5. The number of carboxylic acids is 1. The van der Waals surface area contributed by atoms with E-state index in [1.54, 1.807) is 4.68 Å². The molecule has 110 valence electrons. The van der Waals surface area contributed by atoms with Crippen LogP contribution in [0.25, 0.3) is 0 Å². The normalized spacial score (nSPS) is 28.2. The molecule has 3 rings (SSSR count). The second-order valence-corrected chi connectivity index (χ2v) is 5.58. The van der Waals surface area contributed by atoms with Gasteiger partial charge < -0.3 is 9.84 Å². The number of aromatic nitrogens is 3. The maximum atomic E-state index is 10.8. The Morgan fingerprint density at radius 1 is 1.50 bits per heavy atom. The predicted octanol–water partition coefficient (Wildman–Crippen LogP) is 0.791. The van der Waals surface area contributed by atoms with Crippen molar-refractivity contribution < 1.29 is 14.6 Å². The number of hydrogen-bond donors (Lipinski definition) is 1. The van der Waals surface area contributed by atoms with Gasteiger partial charge in [0.25, 0.3) is 0 Å². The average molecular weight is 280 g/mol. The van der Waals surface area contributed by atoms with Gasteiger partial charge >= 0.3 is 5.97 Å². The summed E-state index contributed by atoms with van der Waals surface area (Å²) in [6, 6.07) is 0.839. The molecule has 0 saturated carbocycles. The molecule has 0 spiro atoms. The summed E-state index contributed by atoms with van der Waals surface area (Å²) < 4.78 is 7.37. The number of rotatable bonds is 4. The summed E-state index contributed by atoms with van der Waals surface area (Å²) >= 11 is 0. The summed E-state index contributed by atoms with van der Waals surface area (Å²) in [5.74, 6) is -1.03. The van der Waals surface area contributed by atoms with Crippen LogP contribution in [0.15, 0.2) is 6.20 Å². The smallest absolute Gasteiger partial charge is 0.358 e. The van der Waals surface area contributed by atoms with Crippen LogP contribution >= 0.6 is 0 Å². The fourth-order valence-corrected chi connectivity index (χ4v) is 2.98. The maximum Gasteiger partial charge on any atom is 0.358 e. The number of hydrogen-bond acceptors (Lipinski definition) is 5. The van der Waals surface area contributed by atoms with Crippen LogP contribution in [-0.4, -0.2) is 62.8 Å². The number of ether oxygens (including phenoxy) is 1. The summed E-state index contributed by atoms with van der Waals surface area (Å²) in [5, 5.41) is 16.4. The van der Waals surface area contributed by atoms with Crippen molar-refractivity contribution in [2.75, 3.05) is 19.7 Å². The molecule has 2 aliphatic rings. The fraction of sp³-hybridized carbons (Fsp3) is 0.769. The molecule has 0 amide bonds. The molecule has 2 fully saturated rings. The second kappa shape index (κ2) is 5.49. The van der Waals surface area contributed by atoms with Gasteiger partial charge in [0.1, 0.15) is 0 Å². The first-order chi connectivity index (χ1) is 9.67. The number of likely N-dealkylation sites (tertiary alicyclic amines) is 1. The van der Waals surface area contributed by atoms with Crippen LogP contribution in [0.2, 0.25) is 0 Å². The van der Waals surface area contributed by atoms with Gasteiger partial charge in [-0.25, -0.2) is 9.48 Å². The largest absolute Gasteiger partial charge is 0.476 e. The lowest BCUT2D eigenvalue weighted by Gasteiger charge is -2.46. The molecule has 0 aromatic carbocycles. The zero-order chi connectivity index (χ0) is 14.1. The Balaban J connectivity index is 1.54. The molecule has 1 N–H and O–H groups in total. The fourth-order valence-electron chi connectivity index (χ4n) is 2.98. The topological polar surface area (TPSA) is 80.5 Å². The summed E-state index contributed by atoms with van der Waals surface area (Å²) in [7, 11) is 0. The molecule has 2 atom stereocenters. The first-order valence-electron chi connectivity index (χ1n) is 7.18. The Morgan fingerprint density at radius 3 is 2.95 bits per heavy atom. The Bertz CT molecular complexity index is 484. The van der Waals surface area contributed by atoms with Gasteiger partial charge in [0.15, 0.2) is 5.69 Å². The third kappa shape index (κ3) is 2.55. The van der Waals surface area contributed by atoms with Crippen molar-refractivity contribution in [2.24, 2.45) is 0 Å².